The quantitative estimate of drug-likeness (QED) is 0.297. The predicted molar refractivity (Wildman–Crippen MR) is 139 cm³/mol. The maximum absolute atomic E-state index is 10.7. The smallest absolute Gasteiger partial charge is 0.247 e. The molecule has 3 heterocycles. The van der Waals surface area contributed by atoms with Crippen LogP contribution >= 0.6 is 22.9 Å². The van der Waals surface area contributed by atoms with Gasteiger partial charge >= 0.3 is 0 Å². The summed E-state index contributed by atoms with van der Waals surface area (Å²) in [6, 6.07) is 26.9. The van der Waals surface area contributed by atoms with Crippen LogP contribution in [0.25, 0.3) is 22.2 Å². The Morgan fingerprint density at radius 2 is 1.74 bits per heavy atom. The molecule has 0 radical (unpaired) electrons. The zero-order valence-electron chi connectivity index (χ0n) is 18.0. The van der Waals surface area contributed by atoms with Crippen LogP contribution in [0, 0.1) is 0 Å². The van der Waals surface area contributed by atoms with Gasteiger partial charge in [-0.25, -0.2) is 15.0 Å². The summed E-state index contributed by atoms with van der Waals surface area (Å²) in [7, 11) is 0. The van der Waals surface area contributed by atoms with Gasteiger partial charge in [0.05, 0.1) is 27.8 Å². The maximum atomic E-state index is 10.7. The number of fused-ring (bicyclic) bond motifs is 1. The number of halogens is 1. The fourth-order valence-electron chi connectivity index (χ4n) is 4.30. The van der Waals surface area contributed by atoms with Gasteiger partial charge in [0, 0.05) is 28.0 Å². The number of phenolic OH excluding ortho intramolecular Hbond substituents is 1. The first-order valence-electron chi connectivity index (χ1n) is 10.9. The Kier molecular flexibility index (Phi) is 5.24. The van der Waals surface area contributed by atoms with Crippen LogP contribution in [0.1, 0.15) is 22.9 Å². The Balaban J connectivity index is 1.56. The van der Waals surface area contributed by atoms with E-state index in [9.17, 15) is 5.11 Å². The normalized spacial score (nSPS) is 15.6. The minimum Gasteiger partial charge on any atom is -0.508 e. The molecule has 5 nitrogen and oxygen atoms in total. The largest absolute Gasteiger partial charge is 0.508 e. The standard InChI is InChI=1S/C27H19ClN4OS/c28-18-12-13-21-20(15-18)26(17-7-2-1-3-8-17)30-27(29-21)32-23(19-9-4-5-10-24(19)33)16-22(31-32)25-11-6-14-34-25/h1-15,23,33H,16H2/t23-/m1/s1. The fourth-order valence-corrected chi connectivity index (χ4v) is 5.20. The van der Waals surface area contributed by atoms with E-state index >= 15 is 0 Å². The minimum absolute atomic E-state index is 0.230. The lowest BCUT2D eigenvalue weighted by Gasteiger charge is -2.23. The van der Waals surface area contributed by atoms with E-state index in [-0.39, 0.29) is 11.8 Å². The molecular weight excluding hydrogens is 464 g/mol. The second kappa shape index (κ2) is 8.56. The Bertz CT molecular complexity index is 1520. The molecule has 0 saturated carbocycles. The van der Waals surface area contributed by atoms with Crippen molar-refractivity contribution in [2.75, 3.05) is 5.01 Å². The molecule has 1 aliphatic rings. The number of rotatable bonds is 4. The van der Waals surface area contributed by atoms with E-state index in [2.05, 4.69) is 6.07 Å². The van der Waals surface area contributed by atoms with Crippen molar-refractivity contribution in [2.45, 2.75) is 12.5 Å². The van der Waals surface area contributed by atoms with Crippen LogP contribution in [-0.2, 0) is 0 Å². The summed E-state index contributed by atoms with van der Waals surface area (Å²) in [6.45, 7) is 0. The summed E-state index contributed by atoms with van der Waals surface area (Å²) < 4.78 is 0. The molecule has 166 valence electrons. The Hall–Kier alpha value is -3.74. The maximum Gasteiger partial charge on any atom is 0.247 e. The summed E-state index contributed by atoms with van der Waals surface area (Å²) in [5.74, 6) is 0.712. The zero-order valence-corrected chi connectivity index (χ0v) is 19.5. The highest BCUT2D eigenvalue weighted by atomic mass is 35.5. The van der Waals surface area contributed by atoms with Gasteiger partial charge in [0.1, 0.15) is 5.75 Å². The average Bonchev–Trinajstić information content (AvgIpc) is 3.55. The third kappa shape index (κ3) is 3.71. The van der Waals surface area contributed by atoms with Gasteiger partial charge in [-0.05, 0) is 35.7 Å². The number of thiophene rings is 1. The van der Waals surface area contributed by atoms with E-state index in [1.165, 1.54) is 0 Å². The lowest BCUT2D eigenvalue weighted by Crippen LogP contribution is -2.21. The molecule has 1 N–H and O–H groups in total. The molecule has 0 spiro atoms. The molecule has 0 bridgehead atoms. The third-order valence-electron chi connectivity index (χ3n) is 5.91. The number of anilines is 1. The molecule has 1 atom stereocenters. The minimum atomic E-state index is -0.230. The topological polar surface area (TPSA) is 61.6 Å². The third-order valence-corrected chi connectivity index (χ3v) is 7.06. The molecule has 0 fully saturated rings. The predicted octanol–water partition coefficient (Wildman–Crippen LogP) is 7.07. The van der Waals surface area contributed by atoms with Gasteiger partial charge in [-0.3, -0.25) is 0 Å². The molecule has 5 aromatic rings. The summed E-state index contributed by atoms with van der Waals surface area (Å²) >= 11 is 7.97. The Labute approximate surface area is 205 Å². The van der Waals surface area contributed by atoms with Gasteiger partial charge in [-0.2, -0.15) is 5.10 Å². The summed E-state index contributed by atoms with van der Waals surface area (Å²) in [4.78, 5) is 11.0. The van der Waals surface area contributed by atoms with Crippen molar-refractivity contribution < 1.29 is 5.11 Å². The fraction of sp³-hybridized carbons (Fsp3) is 0.0741. The van der Waals surface area contributed by atoms with Gasteiger partial charge in [0.25, 0.3) is 0 Å². The highest BCUT2D eigenvalue weighted by Crippen LogP contribution is 2.40. The number of benzene rings is 3. The van der Waals surface area contributed by atoms with E-state index < -0.39 is 0 Å². The second-order valence-electron chi connectivity index (χ2n) is 8.05. The van der Waals surface area contributed by atoms with Crippen molar-refractivity contribution in [1.29, 1.82) is 0 Å². The highest BCUT2D eigenvalue weighted by Gasteiger charge is 2.34. The summed E-state index contributed by atoms with van der Waals surface area (Å²) in [5, 5.41) is 21.0. The van der Waals surface area contributed by atoms with Gasteiger partial charge < -0.3 is 5.11 Å². The molecule has 0 unspecified atom stereocenters. The first kappa shape index (κ1) is 20.8. The number of hydrogen-bond donors (Lipinski definition) is 1. The van der Waals surface area contributed by atoms with Crippen molar-refractivity contribution >= 4 is 45.5 Å². The second-order valence-corrected chi connectivity index (χ2v) is 9.43. The Morgan fingerprint density at radius 1 is 0.912 bits per heavy atom. The summed E-state index contributed by atoms with van der Waals surface area (Å²) in [5.41, 5.74) is 4.28. The van der Waals surface area contributed by atoms with Crippen molar-refractivity contribution in [1.82, 2.24) is 9.97 Å². The van der Waals surface area contributed by atoms with E-state index in [0.29, 0.717) is 17.4 Å². The molecule has 1 aliphatic heterocycles. The number of hydrazone groups is 1. The van der Waals surface area contributed by atoms with E-state index in [1.807, 2.05) is 83.2 Å². The highest BCUT2D eigenvalue weighted by molar-refractivity contribution is 7.12. The van der Waals surface area contributed by atoms with E-state index in [0.717, 1.165) is 38.3 Å². The number of phenols is 1. The van der Waals surface area contributed by atoms with Gasteiger partial charge in [0.2, 0.25) is 5.95 Å². The van der Waals surface area contributed by atoms with Crippen LogP contribution in [0.4, 0.5) is 5.95 Å². The van der Waals surface area contributed by atoms with Crippen LogP contribution in [0.2, 0.25) is 5.02 Å². The average molecular weight is 483 g/mol. The van der Waals surface area contributed by atoms with Gasteiger partial charge in [-0.15, -0.1) is 11.3 Å². The van der Waals surface area contributed by atoms with Gasteiger partial charge in [-0.1, -0.05) is 66.2 Å². The van der Waals surface area contributed by atoms with Crippen LogP contribution in [-0.4, -0.2) is 20.8 Å². The molecule has 0 aliphatic carbocycles. The molecule has 0 saturated heterocycles. The van der Waals surface area contributed by atoms with E-state index in [4.69, 9.17) is 26.7 Å². The number of nitrogens with zero attached hydrogens (tertiary/aromatic N) is 4. The zero-order chi connectivity index (χ0) is 23.1. The van der Waals surface area contributed by atoms with Crippen molar-refractivity contribution in [2.24, 2.45) is 5.10 Å². The monoisotopic (exact) mass is 482 g/mol. The molecular formula is C27H19ClN4OS. The van der Waals surface area contributed by atoms with E-state index in [1.54, 1.807) is 17.4 Å². The molecule has 7 heteroatoms. The van der Waals surface area contributed by atoms with Crippen molar-refractivity contribution in [3.05, 3.63) is 106 Å². The van der Waals surface area contributed by atoms with Crippen LogP contribution in [0.15, 0.2) is 95.4 Å². The molecule has 0 amide bonds. The van der Waals surface area contributed by atoms with Crippen LogP contribution < -0.4 is 5.01 Å². The first-order chi connectivity index (χ1) is 16.7. The lowest BCUT2D eigenvalue weighted by molar-refractivity contribution is 0.460. The number of aromatic hydroxyl groups is 1. The molecule has 3 aromatic carbocycles. The van der Waals surface area contributed by atoms with Crippen molar-refractivity contribution in [3.8, 4) is 17.0 Å². The van der Waals surface area contributed by atoms with Crippen LogP contribution in [0.5, 0.6) is 5.75 Å². The molecule has 34 heavy (non-hydrogen) atoms. The lowest BCUT2D eigenvalue weighted by atomic mass is 10.0. The van der Waals surface area contributed by atoms with Gasteiger partial charge in [0.15, 0.2) is 0 Å². The first-order valence-corrected chi connectivity index (χ1v) is 12.1. The number of aromatic nitrogens is 2. The number of para-hydroxylation sites is 1. The SMILES string of the molecule is Oc1ccccc1[C@H]1CC(c2cccs2)=NN1c1nc(-c2ccccc2)c2cc(Cl)ccc2n1. The Morgan fingerprint density at radius 3 is 2.53 bits per heavy atom. The number of hydrogen-bond acceptors (Lipinski definition) is 6. The van der Waals surface area contributed by atoms with Crippen LogP contribution in [0.3, 0.4) is 0 Å². The molecule has 2 aromatic heterocycles. The molecule has 6 rings (SSSR count). The summed E-state index contributed by atoms with van der Waals surface area (Å²) in [6.07, 6.45) is 0.640. The van der Waals surface area contributed by atoms with Crippen molar-refractivity contribution in [3.63, 3.8) is 0 Å².